The highest BCUT2D eigenvalue weighted by Crippen LogP contribution is 2.27. The summed E-state index contributed by atoms with van der Waals surface area (Å²) in [5.41, 5.74) is 4.34. The van der Waals surface area contributed by atoms with Crippen molar-refractivity contribution in [3.63, 3.8) is 0 Å². The number of benzene rings is 1. The molecular weight excluding hydrogens is 252 g/mol. The molecule has 1 aromatic rings. The van der Waals surface area contributed by atoms with Crippen molar-refractivity contribution in [2.24, 2.45) is 0 Å². The van der Waals surface area contributed by atoms with Gasteiger partial charge in [0.05, 0.1) is 0 Å². The number of nitrogens with zero attached hydrogens (tertiary/aromatic N) is 1. The van der Waals surface area contributed by atoms with Crippen LogP contribution in [-0.4, -0.2) is 31.1 Å². The van der Waals surface area contributed by atoms with Gasteiger partial charge in [-0.15, -0.1) is 0 Å². The Balaban J connectivity index is 1.95. The summed E-state index contributed by atoms with van der Waals surface area (Å²) in [6, 6.07) is 6.93. The van der Waals surface area contributed by atoms with Gasteiger partial charge in [-0.2, -0.15) is 11.8 Å². The summed E-state index contributed by atoms with van der Waals surface area (Å²) in [5.74, 6) is 0. The molecule has 1 aliphatic rings. The lowest BCUT2D eigenvalue weighted by atomic mass is 9.99. The van der Waals surface area contributed by atoms with Crippen molar-refractivity contribution in [3.8, 4) is 0 Å². The predicted octanol–water partition coefficient (Wildman–Crippen LogP) is 3.30. The Labute approximate surface area is 122 Å². The number of nitrogens with one attached hydrogen (secondary N) is 1. The van der Waals surface area contributed by atoms with Gasteiger partial charge in [0.1, 0.15) is 0 Å². The fourth-order valence-electron chi connectivity index (χ4n) is 2.53. The first-order chi connectivity index (χ1) is 9.02. The molecule has 1 N–H and O–H groups in total. The number of fused-ring (bicyclic) bond motifs is 1. The van der Waals surface area contributed by atoms with Crippen LogP contribution in [0.4, 0.5) is 5.69 Å². The minimum absolute atomic E-state index is 0.314. The Morgan fingerprint density at radius 2 is 2.16 bits per heavy atom. The zero-order chi connectivity index (χ0) is 13.9. The van der Waals surface area contributed by atoms with Gasteiger partial charge in [-0.1, -0.05) is 12.1 Å². The Morgan fingerprint density at radius 1 is 1.37 bits per heavy atom. The van der Waals surface area contributed by atoms with Crippen LogP contribution in [0.5, 0.6) is 0 Å². The van der Waals surface area contributed by atoms with Gasteiger partial charge in [0.25, 0.3) is 0 Å². The summed E-state index contributed by atoms with van der Waals surface area (Å²) in [6.07, 6.45) is 4.68. The van der Waals surface area contributed by atoms with Crippen LogP contribution < -0.4 is 10.2 Å². The van der Waals surface area contributed by atoms with E-state index < -0.39 is 0 Å². The Morgan fingerprint density at radius 3 is 2.89 bits per heavy atom. The smallest absolute Gasteiger partial charge is 0.0396 e. The van der Waals surface area contributed by atoms with E-state index in [4.69, 9.17) is 0 Å². The van der Waals surface area contributed by atoms with Crippen LogP contribution in [0.1, 0.15) is 31.4 Å². The topological polar surface area (TPSA) is 15.3 Å². The lowest BCUT2D eigenvalue weighted by Crippen LogP contribution is -2.31. The molecule has 0 fully saturated rings. The number of hydrogen-bond acceptors (Lipinski definition) is 3. The molecule has 0 unspecified atom stereocenters. The van der Waals surface area contributed by atoms with E-state index in [1.54, 1.807) is 0 Å². The van der Waals surface area contributed by atoms with Gasteiger partial charge in [0, 0.05) is 37.1 Å². The molecule has 0 saturated carbocycles. The van der Waals surface area contributed by atoms with Crippen molar-refractivity contribution < 1.29 is 0 Å². The van der Waals surface area contributed by atoms with Gasteiger partial charge in [-0.25, -0.2) is 0 Å². The van der Waals surface area contributed by atoms with Crippen molar-refractivity contribution >= 4 is 17.4 Å². The van der Waals surface area contributed by atoms with E-state index in [1.165, 1.54) is 36.2 Å². The molecule has 0 aliphatic carbocycles. The third-order valence-electron chi connectivity index (χ3n) is 3.93. The molecule has 2 rings (SSSR count). The van der Waals surface area contributed by atoms with Gasteiger partial charge >= 0.3 is 0 Å². The summed E-state index contributed by atoms with van der Waals surface area (Å²) >= 11 is 1.92. The molecule has 0 aromatic heterocycles. The van der Waals surface area contributed by atoms with Crippen LogP contribution in [-0.2, 0) is 13.0 Å². The number of thioether (sulfide) groups is 1. The van der Waals surface area contributed by atoms with E-state index >= 15 is 0 Å². The van der Waals surface area contributed by atoms with Crippen LogP contribution in [0, 0.1) is 0 Å². The first-order valence-corrected chi connectivity index (χ1v) is 8.33. The van der Waals surface area contributed by atoms with E-state index in [9.17, 15) is 0 Å². The second-order valence-electron chi connectivity index (χ2n) is 6.06. The molecule has 0 amide bonds. The Kier molecular flexibility index (Phi) is 4.80. The molecule has 0 saturated heterocycles. The molecule has 1 aromatic carbocycles. The summed E-state index contributed by atoms with van der Waals surface area (Å²) < 4.78 is 0.314. The maximum Gasteiger partial charge on any atom is 0.0396 e. The minimum Gasteiger partial charge on any atom is -0.374 e. The number of aryl methyl sites for hydroxylation is 1. The molecule has 19 heavy (non-hydrogen) atoms. The van der Waals surface area contributed by atoms with E-state index in [2.05, 4.69) is 55.6 Å². The zero-order valence-electron chi connectivity index (χ0n) is 12.6. The van der Waals surface area contributed by atoms with Crippen molar-refractivity contribution in [1.29, 1.82) is 0 Å². The normalized spacial score (nSPS) is 15.5. The maximum atomic E-state index is 3.58. The summed E-state index contributed by atoms with van der Waals surface area (Å²) in [6.45, 7) is 7.78. The van der Waals surface area contributed by atoms with Gasteiger partial charge in [0.2, 0.25) is 0 Å². The second-order valence-corrected chi connectivity index (χ2v) is 7.57. The van der Waals surface area contributed by atoms with E-state index in [0.29, 0.717) is 4.75 Å². The van der Waals surface area contributed by atoms with E-state index in [0.717, 1.165) is 13.1 Å². The molecule has 0 spiro atoms. The second kappa shape index (κ2) is 6.19. The van der Waals surface area contributed by atoms with Crippen molar-refractivity contribution in [3.05, 3.63) is 29.3 Å². The molecule has 2 nitrogen and oxygen atoms in total. The lowest BCUT2D eigenvalue weighted by molar-refractivity contribution is 0.590. The molecule has 0 atom stereocenters. The molecule has 0 bridgehead atoms. The highest BCUT2D eigenvalue weighted by molar-refractivity contribution is 7.99. The van der Waals surface area contributed by atoms with E-state index in [-0.39, 0.29) is 0 Å². The summed E-state index contributed by atoms with van der Waals surface area (Å²) in [5, 5.41) is 3.58. The fourth-order valence-corrected chi connectivity index (χ4v) is 2.78. The minimum atomic E-state index is 0.314. The fraction of sp³-hybridized carbons (Fsp3) is 0.625. The molecule has 106 valence electrons. The maximum absolute atomic E-state index is 3.58. The monoisotopic (exact) mass is 278 g/mol. The van der Waals surface area contributed by atoms with Gasteiger partial charge < -0.3 is 10.2 Å². The van der Waals surface area contributed by atoms with Crippen LogP contribution in [0.2, 0.25) is 0 Å². The van der Waals surface area contributed by atoms with Crippen LogP contribution >= 0.6 is 11.8 Å². The first-order valence-electron chi connectivity index (χ1n) is 7.11. The average molecular weight is 278 g/mol. The third kappa shape index (κ3) is 3.90. The van der Waals surface area contributed by atoms with Gasteiger partial charge in [-0.05, 0) is 50.1 Å². The molecular formula is C16H26N2S. The third-order valence-corrected chi connectivity index (χ3v) is 5.18. The van der Waals surface area contributed by atoms with Gasteiger partial charge in [0.15, 0.2) is 0 Å². The Hall–Kier alpha value is -0.670. The number of rotatable bonds is 5. The van der Waals surface area contributed by atoms with Crippen LogP contribution in [0.15, 0.2) is 18.2 Å². The average Bonchev–Trinajstić information content (AvgIpc) is 2.39. The predicted molar refractivity (Wildman–Crippen MR) is 87.3 cm³/mol. The van der Waals surface area contributed by atoms with Crippen molar-refractivity contribution in [1.82, 2.24) is 5.32 Å². The molecule has 1 aliphatic heterocycles. The summed E-state index contributed by atoms with van der Waals surface area (Å²) in [7, 11) is 2.19. The highest BCUT2D eigenvalue weighted by atomic mass is 32.2. The summed E-state index contributed by atoms with van der Waals surface area (Å²) in [4.78, 5) is 2.37. The molecule has 0 radical (unpaired) electrons. The molecule has 3 heteroatoms. The lowest BCUT2D eigenvalue weighted by Gasteiger charge is -2.28. The van der Waals surface area contributed by atoms with Crippen LogP contribution in [0.3, 0.4) is 0 Å². The SMILES string of the molecule is CSC(C)(C)CNCc1ccc2c(c1)CCCN2C. The number of anilines is 1. The Bertz CT molecular complexity index is 429. The van der Waals surface area contributed by atoms with Crippen LogP contribution in [0.25, 0.3) is 0 Å². The quantitative estimate of drug-likeness (QED) is 0.889. The highest BCUT2D eigenvalue weighted by Gasteiger charge is 2.16. The van der Waals surface area contributed by atoms with E-state index in [1.807, 2.05) is 11.8 Å². The van der Waals surface area contributed by atoms with Crippen molar-refractivity contribution in [2.45, 2.75) is 38.0 Å². The number of hydrogen-bond donors (Lipinski definition) is 1. The largest absolute Gasteiger partial charge is 0.374 e. The standard InChI is InChI=1S/C16H26N2S/c1-16(2,19-4)12-17-11-13-7-8-15-14(10-13)6-5-9-18(15)3/h7-8,10,17H,5-6,9,11-12H2,1-4H3. The molecule has 1 heterocycles. The zero-order valence-corrected chi connectivity index (χ0v) is 13.4. The van der Waals surface area contributed by atoms with Gasteiger partial charge in [-0.3, -0.25) is 0 Å². The van der Waals surface area contributed by atoms with Crippen molar-refractivity contribution in [2.75, 3.05) is 31.3 Å². The first kappa shape index (κ1) is 14.7.